The molecule has 1 N–H and O–H groups in total. The molecule has 1 atom stereocenters. The van der Waals surface area contributed by atoms with Crippen molar-refractivity contribution in [1.82, 2.24) is 15.0 Å². The van der Waals surface area contributed by atoms with Gasteiger partial charge in [-0.15, -0.1) is 0 Å². The highest BCUT2D eigenvalue weighted by Gasteiger charge is 2.34. The lowest BCUT2D eigenvalue weighted by Gasteiger charge is -2.12. The zero-order chi connectivity index (χ0) is 11.7. The number of aromatic nitrogens is 2. The Morgan fingerprint density at radius 1 is 1.69 bits per heavy atom. The van der Waals surface area contributed by atoms with Crippen molar-refractivity contribution < 1.29 is 19.2 Å². The topological polar surface area (TPSA) is 96.5 Å². The molecule has 16 heavy (non-hydrogen) atoms. The molecule has 1 amide bonds. The number of hydrogen-bond acceptors (Lipinski definition) is 5. The van der Waals surface area contributed by atoms with Gasteiger partial charge in [-0.2, -0.15) is 4.98 Å². The molecule has 0 bridgehead atoms. The Balaban J connectivity index is 2.01. The van der Waals surface area contributed by atoms with Crippen LogP contribution in [-0.4, -0.2) is 38.6 Å². The number of hydrogen-bond donors (Lipinski definition) is 1. The Labute approximate surface area is 91.0 Å². The second-order valence-electron chi connectivity index (χ2n) is 3.75. The summed E-state index contributed by atoms with van der Waals surface area (Å²) in [6.07, 6.45) is 0.0441. The predicted octanol–water partition coefficient (Wildman–Crippen LogP) is -0.189. The average Bonchev–Trinajstić information content (AvgIpc) is 2.75. The average molecular weight is 225 g/mol. The van der Waals surface area contributed by atoms with E-state index >= 15 is 0 Å². The van der Waals surface area contributed by atoms with Crippen LogP contribution in [0.2, 0.25) is 0 Å². The van der Waals surface area contributed by atoms with E-state index in [2.05, 4.69) is 10.1 Å². The largest absolute Gasteiger partial charge is 0.481 e. The summed E-state index contributed by atoms with van der Waals surface area (Å²) in [6, 6.07) is 0. The molecular formula is C9H11N3O4. The van der Waals surface area contributed by atoms with E-state index in [1.165, 1.54) is 4.90 Å². The van der Waals surface area contributed by atoms with Crippen LogP contribution in [0.5, 0.6) is 0 Å². The Hall–Kier alpha value is -1.92. The van der Waals surface area contributed by atoms with E-state index in [9.17, 15) is 9.59 Å². The van der Waals surface area contributed by atoms with E-state index < -0.39 is 11.9 Å². The highest BCUT2D eigenvalue weighted by Crippen LogP contribution is 2.19. The van der Waals surface area contributed by atoms with Gasteiger partial charge in [-0.05, 0) is 6.92 Å². The van der Waals surface area contributed by atoms with Crippen LogP contribution in [0.4, 0.5) is 0 Å². The number of rotatable bonds is 3. The van der Waals surface area contributed by atoms with Crippen LogP contribution in [-0.2, 0) is 16.1 Å². The first-order valence-electron chi connectivity index (χ1n) is 4.86. The molecule has 0 saturated carbocycles. The highest BCUT2D eigenvalue weighted by atomic mass is 16.5. The quantitative estimate of drug-likeness (QED) is 0.765. The number of aryl methyl sites for hydroxylation is 1. The van der Waals surface area contributed by atoms with E-state index in [0.29, 0.717) is 11.7 Å². The van der Waals surface area contributed by atoms with Crippen molar-refractivity contribution in [2.45, 2.75) is 19.9 Å². The third-order valence-corrected chi connectivity index (χ3v) is 2.46. The maximum atomic E-state index is 11.5. The summed E-state index contributed by atoms with van der Waals surface area (Å²) in [4.78, 5) is 27.6. The number of nitrogens with zero attached hydrogens (tertiary/aromatic N) is 3. The standard InChI is InChI=1S/C9H11N3O4/c1-5-10-7(16-11-5)4-12-3-6(9(14)15)2-8(12)13/h6H,2-4H2,1H3,(H,14,15). The van der Waals surface area contributed by atoms with E-state index in [-0.39, 0.29) is 25.4 Å². The minimum absolute atomic E-state index is 0.0441. The van der Waals surface area contributed by atoms with Gasteiger partial charge < -0.3 is 14.5 Å². The Morgan fingerprint density at radius 3 is 2.94 bits per heavy atom. The molecule has 2 heterocycles. The molecule has 0 aromatic carbocycles. The van der Waals surface area contributed by atoms with Crippen molar-refractivity contribution in [3.8, 4) is 0 Å². The van der Waals surface area contributed by atoms with Gasteiger partial charge in [-0.1, -0.05) is 5.16 Å². The molecule has 1 aromatic heterocycles. The summed E-state index contributed by atoms with van der Waals surface area (Å²) in [5, 5.41) is 12.4. The molecule has 0 spiro atoms. The van der Waals surface area contributed by atoms with Crippen molar-refractivity contribution in [2.75, 3.05) is 6.54 Å². The number of amides is 1. The van der Waals surface area contributed by atoms with Crippen LogP contribution in [0, 0.1) is 12.8 Å². The summed E-state index contributed by atoms with van der Waals surface area (Å²) in [5.41, 5.74) is 0. The minimum atomic E-state index is -0.947. The first-order chi connectivity index (χ1) is 7.56. The van der Waals surface area contributed by atoms with Gasteiger partial charge in [0.15, 0.2) is 5.82 Å². The van der Waals surface area contributed by atoms with Gasteiger partial charge in [0.25, 0.3) is 0 Å². The zero-order valence-electron chi connectivity index (χ0n) is 8.71. The highest BCUT2D eigenvalue weighted by molar-refractivity contribution is 5.85. The Bertz CT molecular complexity index is 428. The second-order valence-corrected chi connectivity index (χ2v) is 3.75. The summed E-state index contributed by atoms with van der Waals surface area (Å²) < 4.78 is 4.87. The lowest BCUT2D eigenvalue weighted by Crippen LogP contribution is -2.25. The number of aliphatic carboxylic acids is 1. The van der Waals surface area contributed by atoms with E-state index in [0.717, 1.165) is 0 Å². The van der Waals surface area contributed by atoms with Crippen molar-refractivity contribution in [1.29, 1.82) is 0 Å². The lowest BCUT2D eigenvalue weighted by molar-refractivity contribution is -0.141. The number of carboxylic acids is 1. The SMILES string of the molecule is Cc1noc(CN2CC(C(=O)O)CC2=O)n1. The predicted molar refractivity (Wildman–Crippen MR) is 50.2 cm³/mol. The fourth-order valence-corrected chi connectivity index (χ4v) is 1.66. The molecule has 1 aliphatic rings. The smallest absolute Gasteiger partial charge is 0.308 e. The zero-order valence-corrected chi connectivity index (χ0v) is 8.71. The molecule has 1 aliphatic heterocycles. The van der Waals surface area contributed by atoms with Crippen molar-refractivity contribution >= 4 is 11.9 Å². The Kier molecular flexibility index (Phi) is 2.59. The van der Waals surface area contributed by atoms with Crippen LogP contribution < -0.4 is 0 Å². The molecule has 1 aromatic rings. The molecule has 86 valence electrons. The second kappa shape index (κ2) is 3.92. The molecule has 7 nitrogen and oxygen atoms in total. The van der Waals surface area contributed by atoms with Gasteiger partial charge in [-0.25, -0.2) is 0 Å². The van der Waals surface area contributed by atoms with Gasteiger partial charge in [0.2, 0.25) is 11.8 Å². The fourth-order valence-electron chi connectivity index (χ4n) is 1.66. The molecule has 1 saturated heterocycles. The summed E-state index contributed by atoms with van der Waals surface area (Å²) >= 11 is 0. The molecule has 0 radical (unpaired) electrons. The molecule has 7 heteroatoms. The van der Waals surface area contributed by atoms with Gasteiger partial charge in [0.1, 0.15) is 6.54 Å². The minimum Gasteiger partial charge on any atom is -0.481 e. The van der Waals surface area contributed by atoms with Crippen molar-refractivity contribution in [3.63, 3.8) is 0 Å². The van der Waals surface area contributed by atoms with Gasteiger partial charge in [0.05, 0.1) is 5.92 Å². The maximum Gasteiger partial charge on any atom is 0.308 e. The molecule has 1 fully saturated rings. The monoisotopic (exact) mass is 225 g/mol. The molecule has 2 rings (SSSR count). The fraction of sp³-hybridized carbons (Fsp3) is 0.556. The van der Waals surface area contributed by atoms with Gasteiger partial charge in [-0.3, -0.25) is 9.59 Å². The lowest BCUT2D eigenvalue weighted by atomic mass is 10.1. The number of carbonyl (C=O) groups excluding carboxylic acids is 1. The number of carboxylic acid groups (broad SMARTS) is 1. The van der Waals surface area contributed by atoms with Crippen molar-refractivity contribution in [3.05, 3.63) is 11.7 Å². The van der Waals surface area contributed by atoms with Crippen LogP contribution in [0.3, 0.4) is 0 Å². The number of carbonyl (C=O) groups is 2. The van der Waals surface area contributed by atoms with E-state index in [1.807, 2.05) is 0 Å². The summed E-state index contributed by atoms with van der Waals surface area (Å²) in [5.74, 6) is -0.939. The summed E-state index contributed by atoms with van der Waals surface area (Å²) in [7, 11) is 0. The van der Waals surface area contributed by atoms with Gasteiger partial charge in [0, 0.05) is 13.0 Å². The van der Waals surface area contributed by atoms with Crippen LogP contribution in [0.25, 0.3) is 0 Å². The Morgan fingerprint density at radius 2 is 2.44 bits per heavy atom. The third kappa shape index (κ3) is 2.02. The van der Waals surface area contributed by atoms with Crippen LogP contribution >= 0.6 is 0 Å². The van der Waals surface area contributed by atoms with Gasteiger partial charge >= 0.3 is 5.97 Å². The van der Waals surface area contributed by atoms with Crippen LogP contribution in [0.15, 0.2) is 4.52 Å². The first-order valence-corrected chi connectivity index (χ1v) is 4.86. The first kappa shape index (κ1) is 10.6. The van der Waals surface area contributed by atoms with Crippen molar-refractivity contribution in [2.24, 2.45) is 5.92 Å². The molecular weight excluding hydrogens is 214 g/mol. The molecule has 0 aliphatic carbocycles. The number of likely N-dealkylation sites (tertiary alicyclic amines) is 1. The third-order valence-electron chi connectivity index (χ3n) is 2.46. The maximum absolute atomic E-state index is 11.5. The van der Waals surface area contributed by atoms with Crippen LogP contribution in [0.1, 0.15) is 18.1 Å². The summed E-state index contributed by atoms with van der Waals surface area (Å²) in [6.45, 7) is 2.07. The van der Waals surface area contributed by atoms with E-state index in [4.69, 9.17) is 9.63 Å². The normalized spacial score (nSPS) is 20.4. The van der Waals surface area contributed by atoms with E-state index in [1.54, 1.807) is 6.92 Å². The molecule has 1 unspecified atom stereocenters.